The van der Waals surface area contributed by atoms with Gasteiger partial charge in [-0.1, -0.05) is 0 Å². The first-order valence-electron chi connectivity index (χ1n) is 6.22. The Morgan fingerprint density at radius 2 is 2.10 bits per heavy atom. The molecule has 1 aromatic rings. The number of nitrogens with one attached hydrogen (secondary N) is 2. The van der Waals surface area contributed by atoms with Gasteiger partial charge in [0.1, 0.15) is 10.7 Å². The van der Waals surface area contributed by atoms with Crippen LogP contribution in [-0.2, 0) is 14.8 Å². The molecule has 0 unspecified atom stereocenters. The molecule has 6 nitrogen and oxygen atoms in total. The molecule has 20 heavy (non-hydrogen) atoms. The van der Waals surface area contributed by atoms with Gasteiger partial charge in [0.2, 0.25) is 15.9 Å². The lowest BCUT2D eigenvalue weighted by Gasteiger charge is -2.09. The van der Waals surface area contributed by atoms with Crippen molar-refractivity contribution in [2.45, 2.75) is 30.2 Å². The van der Waals surface area contributed by atoms with E-state index in [-0.39, 0.29) is 35.5 Å². The van der Waals surface area contributed by atoms with Crippen LogP contribution in [0.3, 0.4) is 0 Å². The summed E-state index contributed by atoms with van der Waals surface area (Å²) in [4.78, 5) is 11.1. The van der Waals surface area contributed by atoms with E-state index in [0.29, 0.717) is 0 Å². The standard InChI is InChI=1S/C12H16FN3O3S/c13-8-1-4-10(14)11(7-8)20(18,19)15-6-5-12(17)16-9-2-3-9/h1,4,7,9,15H,2-3,5-6,14H2,(H,16,17). The van der Waals surface area contributed by atoms with Crippen LogP contribution in [0, 0.1) is 5.82 Å². The molecule has 8 heteroatoms. The summed E-state index contributed by atoms with van der Waals surface area (Å²) in [5.74, 6) is -0.895. The van der Waals surface area contributed by atoms with E-state index in [1.807, 2.05) is 0 Å². The van der Waals surface area contributed by atoms with E-state index < -0.39 is 15.8 Å². The molecule has 1 saturated carbocycles. The van der Waals surface area contributed by atoms with E-state index in [4.69, 9.17) is 5.73 Å². The minimum atomic E-state index is -3.92. The fourth-order valence-corrected chi connectivity index (χ4v) is 2.82. The van der Waals surface area contributed by atoms with Crippen LogP contribution in [0.25, 0.3) is 0 Å². The quantitative estimate of drug-likeness (QED) is 0.660. The van der Waals surface area contributed by atoms with Crippen molar-refractivity contribution in [2.75, 3.05) is 12.3 Å². The average molecular weight is 301 g/mol. The van der Waals surface area contributed by atoms with Gasteiger partial charge in [0.15, 0.2) is 0 Å². The maximum absolute atomic E-state index is 13.1. The van der Waals surface area contributed by atoms with Crippen LogP contribution in [0.2, 0.25) is 0 Å². The number of halogens is 1. The molecule has 2 rings (SSSR count). The lowest BCUT2D eigenvalue weighted by Crippen LogP contribution is -2.32. The summed E-state index contributed by atoms with van der Waals surface area (Å²) in [6.45, 7) is -0.0587. The highest BCUT2D eigenvalue weighted by molar-refractivity contribution is 7.89. The number of sulfonamides is 1. The predicted molar refractivity (Wildman–Crippen MR) is 71.8 cm³/mol. The van der Waals surface area contributed by atoms with Gasteiger partial charge in [-0.25, -0.2) is 17.5 Å². The summed E-state index contributed by atoms with van der Waals surface area (Å²) in [6.07, 6.45) is 1.97. The SMILES string of the molecule is Nc1ccc(F)cc1S(=O)(=O)NCCC(=O)NC1CC1. The zero-order chi connectivity index (χ0) is 14.8. The summed E-state index contributed by atoms with van der Waals surface area (Å²) in [7, 11) is -3.92. The van der Waals surface area contributed by atoms with E-state index in [2.05, 4.69) is 10.0 Å². The molecule has 0 spiro atoms. The molecule has 0 saturated heterocycles. The molecule has 0 bridgehead atoms. The van der Waals surface area contributed by atoms with Gasteiger partial charge in [-0.3, -0.25) is 4.79 Å². The monoisotopic (exact) mass is 301 g/mol. The van der Waals surface area contributed by atoms with Crippen molar-refractivity contribution in [3.05, 3.63) is 24.0 Å². The van der Waals surface area contributed by atoms with Crippen molar-refractivity contribution >= 4 is 21.6 Å². The molecule has 1 amide bonds. The van der Waals surface area contributed by atoms with Crippen LogP contribution in [0.1, 0.15) is 19.3 Å². The third-order valence-corrected chi connectivity index (χ3v) is 4.37. The molecule has 0 radical (unpaired) electrons. The van der Waals surface area contributed by atoms with Gasteiger partial charge in [-0.2, -0.15) is 0 Å². The highest BCUT2D eigenvalue weighted by Gasteiger charge is 2.23. The van der Waals surface area contributed by atoms with Crippen molar-refractivity contribution in [1.82, 2.24) is 10.0 Å². The lowest BCUT2D eigenvalue weighted by molar-refractivity contribution is -0.121. The zero-order valence-corrected chi connectivity index (χ0v) is 11.5. The zero-order valence-electron chi connectivity index (χ0n) is 10.7. The topological polar surface area (TPSA) is 101 Å². The number of hydrogen-bond acceptors (Lipinski definition) is 4. The van der Waals surface area contributed by atoms with Gasteiger partial charge in [-0.15, -0.1) is 0 Å². The van der Waals surface area contributed by atoms with Gasteiger partial charge in [-0.05, 0) is 31.0 Å². The number of rotatable bonds is 6. The normalized spacial score (nSPS) is 15.1. The molecule has 0 aliphatic heterocycles. The molecule has 1 aliphatic carbocycles. The molecule has 110 valence electrons. The number of carbonyl (C=O) groups is 1. The van der Waals surface area contributed by atoms with Gasteiger partial charge in [0.05, 0.1) is 5.69 Å². The summed E-state index contributed by atoms with van der Waals surface area (Å²) in [5.41, 5.74) is 5.48. The van der Waals surface area contributed by atoms with Crippen molar-refractivity contribution in [3.8, 4) is 0 Å². The minimum Gasteiger partial charge on any atom is -0.398 e. The Morgan fingerprint density at radius 1 is 1.40 bits per heavy atom. The molecule has 4 N–H and O–H groups in total. The second-order valence-corrected chi connectivity index (χ2v) is 6.41. The number of hydrogen-bond donors (Lipinski definition) is 3. The smallest absolute Gasteiger partial charge is 0.242 e. The third kappa shape index (κ3) is 3.91. The lowest BCUT2D eigenvalue weighted by atomic mass is 10.3. The molecule has 1 aliphatic rings. The fourth-order valence-electron chi connectivity index (χ4n) is 1.65. The van der Waals surface area contributed by atoms with E-state index in [1.165, 1.54) is 6.07 Å². The van der Waals surface area contributed by atoms with E-state index >= 15 is 0 Å². The van der Waals surface area contributed by atoms with Crippen LogP contribution in [0.15, 0.2) is 23.1 Å². The molecule has 0 heterocycles. The fraction of sp³-hybridized carbons (Fsp3) is 0.417. The average Bonchev–Trinajstić information content (AvgIpc) is 3.15. The van der Waals surface area contributed by atoms with E-state index in [1.54, 1.807) is 0 Å². The Morgan fingerprint density at radius 3 is 2.75 bits per heavy atom. The summed E-state index contributed by atoms with van der Waals surface area (Å²) in [6, 6.07) is 3.35. The Hall–Kier alpha value is -1.67. The predicted octanol–water partition coefficient (Wildman–Crippen LogP) is 0.355. The van der Waals surface area contributed by atoms with E-state index in [0.717, 1.165) is 25.0 Å². The minimum absolute atomic E-state index is 0.0327. The number of benzene rings is 1. The van der Waals surface area contributed by atoms with Crippen LogP contribution in [0.5, 0.6) is 0 Å². The number of nitrogens with two attached hydrogens (primary N) is 1. The second-order valence-electron chi connectivity index (χ2n) is 4.67. The number of amides is 1. The number of anilines is 1. The molecule has 0 atom stereocenters. The van der Waals surface area contributed by atoms with Crippen molar-refractivity contribution < 1.29 is 17.6 Å². The first kappa shape index (κ1) is 14.7. The second kappa shape index (κ2) is 5.76. The largest absolute Gasteiger partial charge is 0.398 e. The molecular formula is C12H16FN3O3S. The first-order valence-corrected chi connectivity index (χ1v) is 7.71. The number of nitrogen functional groups attached to an aromatic ring is 1. The molecule has 1 fully saturated rings. The van der Waals surface area contributed by atoms with Gasteiger partial charge < -0.3 is 11.1 Å². The maximum atomic E-state index is 13.1. The number of carbonyl (C=O) groups excluding carboxylic acids is 1. The highest BCUT2D eigenvalue weighted by Crippen LogP contribution is 2.19. The third-order valence-electron chi connectivity index (χ3n) is 2.85. The van der Waals surface area contributed by atoms with Gasteiger partial charge >= 0.3 is 0 Å². The Kier molecular flexibility index (Phi) is 4.24. The van der Waals surface area contributed by atoms with Gasteiger partial charge in [0.25, 0.3) is 0 Å². The highest BCUT2D eigenvalue weighted by atomic mass is 32.2. The van der Waals surface area contributed by atoms with Crippen LogP contribution >= 0.6 is 0 Å². The van der Waals surface area contributed by atoms with E-state index in [9.17, 15) is 17.6 Å². The Bertz CT molecular complexity index is 614. The molecular weight excluding hydrogens is 285 g/mol. The maximum Gasteiger partial charge on any atom is 0.242 e. The molecule has 1 aromatic carbocycles. The van der Waals surface area contributed by atoms with Crippen LogP contribution in [0.4, 0.5) is 10.1 Å². The summed E-state index contributed by atoms with van der Waals surface area (Å²) < 4.78 is 39.2. The van der Waals surface area contributed by atoms with Crippen LogP contribution in [-0.4, -0.2) is 26.9 Å². The summed E-state index contributed by atoms with van der Waals surface area (Å²) >= 11 is 0. The van der Waals surface area contributed by atoms with Crippen molar-refractivity contribution in [2.24, 2.45) is 0 Å². The van der Waals surface area contributed by atoms with Crippen molar-refractivity contribution in [3.63, 3.8) is 0 Å². The van der Waals surface area contributed by atoms with Crippen molar-refractivity contribution in [1.29, 1.82) is 0 Å². The first-order chi connectivity index (χ1) is 9.38. The van der Waals surface area contributed by atoms with Crippen LogP contribution < -0.4 is 15.8 Å². The molecule has 0 aromatic heterocycles. The Balaban J connectivity index is 1.93. The summed E-state index contributed by atoms with van der Waals surface area (Å²) in [5, 5.41) is 2.74. The van der Waals surface area contributed by atoms with Gasteiger partial charge in [0, 0.05) is 19.0 Å². The Labute approximate surface area is 116 Å².